The molecule has 13 heteroatoms. The molecule has 0 fully saturated rings. The van der Waals surface area contributed by atoms with Crippen molar-refractivity contribution in [2.75, 3.05) is 0 Å². The van der Waals surface area contributed by atoms with E-state index < -0.39 is 7.32 Å². The van der Waals surface area contributed by atoms with Crippen LogP contribution < -0.4 is 104 Å². The predicted molar refractivity (Wildman–Crippen MR) is 27.4 cm³/mol. The van der Waals surface area contributed by atoms with Crippen molar-refractivity contribution in [2.45, 2.75) is 0 Å². The molecule has 0 spiro atoms. The summed E-state index contributed by atoms with van der Waals surface area (Å²) in [4.78, 5) is 0. The van der Waals surface area contributed by atoms with Crippen molar-refractivity contribution >= 4 is 7.32 Å². The summed E-state index contributed by atoms with van der Waals surface area (Å²) in [7, 11) is -2.92. The largest absolute Gasteiger partial charge is 1.00 e. The molecule has 9 nitrogen and oxygen atoms in total. The second-order valence-corrected chi connectivity index (χ2v) is 0.289. The van der Waals surface area contributed by atoms with E-state index in [2.05, 4.69) is 0 Å². The topological polar surface area (TPSA) is 258 Å². The van der Waals surface area contributed by atoms with E-state index in [-0.39, 0.29) is 122 Å². The van der Waals surface area contributed by atoms with E-state index in [0.717, 1.165) is 0 Å². The molecule has 13 heavy (non-hydrogen) atoms. The monoisotopic (exact) mass is 236 g/mol. The van der Waals surface area contributed by atoms with Gasteiger partial charge >= 0.3 is 88.7 Å². The van der Waals surface area contributed by atoms with Gasteiger partial charge in [-0.05, 0) is 0 Å². The maximum absolute atomic E-state index is 8.42. The summed E-state index contributed by atoms with van der Waals surface area (Å²) in [6.07, 6.45) is 0. The maximum Gasteiger partial charge on any atom is 1.00 e. The van der Waals surface area contributed by atoms with Crippen molar-refractivity contribution in [3.63, 3.8) is 0 Å². The fraction of sp³-hybridized carbons (Fsp3) is 0. The van der Waals surface area contributed by atoms with Crippen molar-refractivity contribution in [3.05, 3.63) is 0 Å². The SMILES string of the molecule is O.O.O.O.O.O.[Na+].[Na+].[Na+].[O-]B([O-])[O-]. The molecule has 0 atom stereocenters. The van der Waals surface area contributed by atoms with E-state index in [1.165, 1.54) is 0 Å². The van der Waals surface area contributed by atoms with Crippen LogP contribution in [0.4, 0.5) is 0 Å². The average molecular weight is 236 g/mol. The van der Waals surface area contributed by atoms with Gasteiger partial charge in [0, 0.05) is 0 Å². The summed E-state index contributed by atoms with van der Waals surface area (Å²) >= 11 is 0. The first-order chi connectivity index (χ1) is 1.73. The Bertz CT molecular complexity index is 19.6. The minimum absolute atomic E-state index is 0. The molecule has 0 saturated heterocycles. The van der Waals surface area contributed by atoms with Crippen molar-refractivity contribution < 1.29 is 137 Å². The third kappa shape index (κ3) is 324. The smallest absolute Gasteiger partial charge is 0.907 e. The second kappa shape index (κ2) is 84.9. The van der Waals surface area contributed by atoms with Crippen LogP contribution in [-0.4, -0.2) is 40.2 Å². The van der Waals surface area contributed by atoms with Crippen LogP contribution in [0.5, 0.6) is 0 Å². The van der Waals surface area contributed by atoms with Crippen LogP contribution >= 0.6 is 0 Å². The van der Waals surface area contributed by atoms with Gasteiger partial charge in [0.15, 0.2) is 0 Å². The van der Waals surface area contributed by atoms with E-state index in [0.29, 0.717) is 0 Å². The molecule has 0 bridgehead atoms. The molecule has 0 aromatic rings. The summed E-state index contributed by atoms with van der Waals surface area (Å²) in [5, 5.41) is 25.2. The molecule has 0 aliphatic heterocycles. The van der Waals surface area contributed by atoms with Crippen molar-refractivity contribution in [1.82, 2.24) is 0 Å². The first-order valence-electron chi connectivity index (χ1n) is 0.707. The quantitative estimate of drug-likeness (QED) is 0.370. The molecular formula is H12BNa3O9. The third-order valence-corrected chi connectivity index (χ3v) is 0. The van der Waals surface area contributed by atoms with Gasteiger partial charge in [-0.1, -0.05) is 0 Å². The van der Waals surface area contributed by atoms with E-state index >= 15 is 0 Å². The van der Waals surface area contributed by atoms with Gasteiger partial charge < -0.3 is 47.9 Å². The van der Waals surface area contributed by atoms with Gasteiger partial charge in [-0.2, -0.15) is 0 Å². The van der Waals surface area contributed by atoms with Gasteiger partial charge in [0.1, 0.15) is 0 Å². The Labute approximate surface area is 142 Å². The Kier molecular flexibility index (Phi) is 681. The van der Waals surface area contributed by atoms with Gasteiger partial charge in [0.05, 0.1) is 0 Å². The summed E-state index contributed by atoms with van der Waals surface area (Å²) in [6, 6.07) is 0. The molecule has 72 valence electrons. The predicted octanol–water partition coefficient (Wildman–Crippen LogP) is -17.9. The molecular weight excluding hydrogens is 224 g/mol. The minimum Gasteiger partial charge on any atom is -0.907 e. The van der Waals surface area contributed by atoms with Crippen LogP contribution in [-0.2, 0) is 0 Å². The Morgan fingerprint density at radius 3 is 0.462 bits per heavy atom. The Morgan fingerprint density at radius 1 is 0.462 bits per heavy atom. The van der Waals surface area contributed by atoms with Gasteiger partial charge in [0.25, 0.3) is 0 Å². The molecule has 0 rings (SSSR count). The first kappa shape index (κ1) is 104. The molecule has 0 aromatic carbocycles. The van der Waals surface area contributed by atoms with Gasteiger partial charge in [-0.25, -0.2) is 0 Å². The van der Waals surface area contributed by atoms with Crippen LogP contribution in [0.15, 0.2) is 0 Å². The first-order valence-corrected chi connectivity index (χ1v) is 0.707. The molecule has 0 radical (unpaired) electrons. The molecule has 12 N–H and O–H groups in total. The van der Waals surface area contributed by atoms with Crippen LogP contribution in [0, 0.1) is 0 Å². The van der Waals surface area contributed by atoms with E-state index in [1.807, 2.05) is 0 Å². The van der Waals surface area contributed by atoms with Gasteiger partial charge in [-0.3, -0.25) is 7.32 Å². The number of rotatable bonds is 0. The van der Waals surface area contributed by atoms with Crippen molar-refractivity contribution in [3.8, 4) is 0 Å². The van der Waals surface area contributed by atoms with Gasteiger partial charge in [-0.15, -0.1) is 0 Å². The molecule has 0 saturated carbocycles. The van der Waals surface area contributed by atoms with Crippen LogP contribution in [0.1, 0.15) is 0 Å². The average Bonchev–Trinajstić information content (AvgIpc) is 0.811. The van der Waals surface area contributed by atoms with Crippen LogP contribution in [0.25, 0.3) is 0 Å². The zero-order valence-corrected chi connectivity index (χ0v) is 13.8. The van der Waals surface area contributed by atoms with Crippen molar-refractivity contribution in [2.24, 2.45) is 0 Å². The summed E-state index contributed by atoms with van der Waals surface area (Å²) in [5.74, 6) is 0. The molecule has 0 aliphatic rings. The molecule has 0 aromatic heterocycles. The zero-order valence-electron chi connectivity index (χ0n) is 7.80. The zero-order chi connectivity index (χ0) is 3.58. The number of hydrogen-bond donors (Lipinski definition) is 0. The minimum atomic E-state index is -2.92. The van der Waals surface area contributed by atoms with Crippen molar-refractivity contribution in [1.29, 1.82) is 0 Å². The molecule has 0 unspecified atom stereocenters. The Balaban J connectivity index is -0.00000000125. The van der Waals surface area contributed by atoms with E-state index in [9.17, 15) is 0 Å². The Morgan fingerprint density at radius 2 is 0.462 bits per heavy atom. The fourth-order valence-corrected chi connectivity index (χ4v) is 0. The summed E-state index contributed by atoms with van der Waals surface area (Å²) in [6.45, 7) is 0. The molecule has 0 aliphatic carbocycles. The second-order valence-electron chi connectivity index (χ2n) is 0.289. The maximum atomic E-state index is 8.42. The fourth-order valence-electron chi connectivity index (χ4n) is 0. The van der Waals surface area contributed by atoms with Gasteiger partial charge in [0.2, 0.25) is 0 Å². The number of hydrogen-bond acceptors (Lipinski definition) is 3. The third-order valence-electron chi connectivity index (χ3n) is 0. The normalized spacial score (nSPS) is 2.08. The molecule has 0 amide bonds. The summed E-state index contributed by atoms with van der Waals surface area (Å²) in [5.41, 5.74) is 0. The van der Waals surface area contributed by atoms with E-state index in [1.54, 1.807) is 0 Å². The summed E-state index contributed by atoms with van der Waals surface area (Å²) < 4.78 is 0. The van der Waals surface area contributed by atoms with Crippen LogP contribution in [0.2, 0.25) is 0 Å². The standard InChI is InChI=1S/BO3.3Na.6H2O/c2-1(3)4;;;;;;;;;/h;;;;6*1H2/q-3;3*+1;;;;;;. The van der Waals surface area contributed by atoms with Crippen LogP contribution in [0.3, 0.4) is 0 Å². The molecule has 0 heterocycles. The van der Waals surface area contributed by atoms with E-state index in [4.69, 9.17) is 15.1 Å². The Hall–Kier alpha value is 2.70.